The predicted molar refractivity (Wildman–Crippen MR) is 61.1 cm³/mol. The Kier molecular flexibility index (Phi) is 4.40. The molecule has 0 amide bonds. The summed E-state index contributed by atoms with van der Waals surface area (Å²) in [7, 11) is 0. The zero-order valence-electron chi connectivity index (χ0n) is 8.88. The normalized spacial score (nSPS) is 11.2. The van der Waals surface area contributed by atoms with Crippen LogP contribution in [0.3, 0.4) is 0 Å². The molecule has 1 heterocycles. The highest BCUT2D eigenvalue weighted by atomic mass is 79.9. The van der Waals surface area contributed by atoms with E-state index < -0.39 is 13.0 Å². The molecule has 0 radical (unpaired) electrons. The van der Waals surface area contributed by atoms with Gasteiger partial charge in [0.25, 0.3) is 12.0 Å². The topological polar surface area (TPSA) is 46.9 Å². The highest BCUT2D eigenvalue weighted by molar-refractivity contribution is 9.10. The number of hydrogen-bond acceptors (Lipinski definition) is 3. The van der Waals surface area contributed by atoms with Crippen molar-refractivity contribution in [3.63, 3.8) is 0 Å². The Morgan fingerprint density at radius 2 is 2.19 bits per heavy atom. The highest BCUT2D eigenvalue weighted by Gasteiger charge is 2.11. The molecule has 0 atom stereocenters. The molecule has 1 aromatic rings. The lowest BCUT2D eigenvalue weighted by Crippen LogP contribution is -2.26. The Bertz CT molecular complexity index is 420. The second-order valence-corrected chi connectivity index (χ2v) is 4.28. The number of rotatable bonds is 4. The van der Waals surface area contributed by atoms with E-state index in [1.165, 1.54) is 10.9 Å². The first kappa shape index (κ1) is 13.1. The first-order valence-corrected chi connectivity index (χ1v) is 5.52. The smallest absolute Gasteiger partial charge is 0.283 e. The average Bonchev–Trinajstić information content (AvgIpc) is 2.19. The third-order valence-corrected chi connectivity index (χ3v) is 2.65. The number of halogens is 3. The molecule has 16 heavy (non-hydrogen) atoms. The van der Waals surface area contributed by atoms with Crippen molar-refractivity contribution >= 4 is 21.6 Å². The Morgan fingerprint density at radius 1 is 1.56 bits per heavy atom. The van der Waals surface area contributed by atoms with Crippen molar-refractivity contribution in [1.29, 1.82) is 0 Å². The first-order chi connectivity index (χ1) is 7.43. The van der Waals surface area contributed by atoms with Gasteiger partial charge in [0.1, 0.15) is 4.47 Å². The van der Waals surface area contributed by atoms with Gasteiger partial charge in [-0.25, -0.2) is 13.5 Å². The van der Waals surface area contributed by atoms with E-state index in [9.17, 15) is 13.6 Å². The maximum Gasteiger partial charge on any atom is 0.283 e. The molecular formula is C9H12BrF2N3O. The standard InChI is InChI=1S/C9H12BrF2N3O/c1-5(2)15-9(16)8(10)6(3-14-15)13-4-7(11)12/h3,5,7,13H,4H2,1-2H3. The molecule has 4 nitrogen and oxygen atoms in total. The summed E-state index contributed by atoms with van der Waals surface area (Å²) >= 11 is 3.07. The van der Waals surface area contributed by atoms with Gasteiger partial charge in [0, 0.05) is 0 Å². The number of anilines is 1. The second kappa shape index (κ2) is 5.38. The lowest BCUT2D eigenvalue weighted by molar-refractivity contribution is 0.163. The number of aromatic nitrogens is 2. The zero-order chi connectivity index (χ0) is 12.3. The van der Waals surface area contributed by atoms with E-state index in [0.29, 0.717) is 0 Å². The van der Waals surface area contributed by atoms with E-state index in [-0.39, 0.29) is 21.8 Å². The summed E-state index contributed by atoms with van der Waals surface area (Å²) in [6.45, 7) is 3.12. The molecular weight excluding hydrogens is 284 g/mol. The molecule has 0 aliphatic heterocycles. The number of alkyl halides is 2. The Morgan fingerprint density at radius 3 is 2.69 bits per heavy atom. The van der Waals surface area contributed by atoms with E-state index in [1.807, 2.05) is 13.8 Å². The minimum absolute atomic E-state index is 0.0760. The van der Waals surface area contributed by atoms with Gasteiger partial charge >= 0.3 is 0 Å². The summed E-state index contributed by atoms with van der Waals surface area (Å²) in [6.07, 6.45) is -1.12. The molecule has 0 spiro atoms. The van der Waals surface area contributed by atoms with Crippen molar-refractivity contribution in [2.75, 3.05) is 11.9 Å². The molecule has 7 heteroatoms. The van der Waals surface area contributed by atoms with Crippen LogP contribution in [-0.2, 0) is 0 Å². The van der Waals surface area contributed by atoms with Gasteiger partial charge in [0.05, 0.1) is 24.5 Å². The second-order valence-electron chi connectivity index (χ2n) is 3.49. The summed E-state index contributed by atoms with van der Waals surface area (Å²) < 4.78 is 25.5. The van der Waals surface area contributed by atoms with E-state index in [4.69, 9.17) is 0 Å². The third-order valence-electron chi connectivity index (χ3n) is 1.88. The van der Waals surface area contributed by atoms with Gasteiger partial charge in [-0.2, -0.15) is 5.10 Å². The van der Waals surface area contributed by atoms with Gasteiger partial charge in [0.15, 0.2) is 0 Å². The minimum Gasteiger partial charge on any atom is -0.377 e. The lowest BCUT2D eigenvalue weighted by Gasteiger charge is -2.12. The summed E-state index contributed by atoms with van der Waals surface area (Å²) in [4.78, 5) is 11.7. The molecule has 90 valence electrons. The van der Waals surface area contributed by atoms with Crippen LogP contribution in [0.1, 0.15) is 19.9 Å². The predicted octanol–water partition coefficient (Wildman–Crippen LogP) is 2.26. The van der Waals surface area contributed by atoms with Crippen molar-refractivity contribution in [3.05, 3.63) is 21.0 Å². The molecule has 1 N–H and O–H groups in total. The van der Waals surface area contributed by atoms with E-state index >= 15 is 0 Å². The van der Waals surface area contributed by atoms with Crippen LogP contribution in [0.2, 0.25) is 0 Å². The van der Waals surface area contributed by atoms with Crippen LogP contribution in [0.5, 0.6) is 0 Å². The molecule has 0 fully saturated rings. The molecule has 1 aromatic heterocycles. The monoisotopic (exact) mass is 295 g/mol. The van der Waals surface area contributed by atoms with Crippen molar-refractivity contribution < 1.29 is 8.78 Å². The first-order valence-electron chi connectivity index (χ1n) is 4.72. The molecule has 1 rings (SSSR count). The number of nitrogens with one attached hydrogen (secondary N) is 1. The van der Waals surface area contributed by atoms with E-state index in [0.717, 1.165) is 0 Å². The molecule has 0 saturated carbocycles. The Hall–Kier alpha value is -0.980. The van der Waals surface area contributed by atoms with Crippen molar-refractivity contribution in [1.82, 2.24) is 9.78 Å². The number of hydrogen-bond donors (Lipinski definition) is 1. The van der Waals surface area contributed by atoms with Gasteiger partial charge in [-0.15, -0.1) is 0 Å². The zero-order valence-corrected chi connectivity index (χ0v) is 10.5. The summed E-state index contributed by atoms with van der Waals surface area (Å²) in [5.74, 6) is 0. The van der Waals surface area contributed by atoms with Crippen LogP contribution >= 0.6 is 15.9 Å². The van der Waals surface area contributed by atoms with Crippen molar-refractivity contribution in [2.24, 2.45) is 0 Å². The van der Waals surface area contributed by atoms with Crippen LogP contribution in [0, 0.1) is 0 Å². The fourth-order valence-electron chi connectivity index (χ4n) is 1.12. The molecule has 0 aliphatic rings. The fraction of sp³-hybridized carbons (Fsp3) is 0.556. The molecule has 0 saturated heterocycles. The van der Waals surface area contributed by atoms with Crippen molar-refractivity contribution in [3.8, 4) is 0 Å². The van der Waals surface area contributed by atoms with Gasteiger partial charge in [0.2, 0.25) is 0 Å². The van der Waals surface area contributed by atoms with Crippen LogP contribution in [0.15, 0.2) is 15.5 Å². The van der Waals surface area contributed by atoms with Gasteiger partial charge in [-0.05, 0) is 29.8 Å². The van der Waals surface area contributed by atoms with Gasteiger partial charge < -0.3 is 5.32 Å². The largest absolute Gasteiger partial charge is 0.377 e. The fourth-order valence-corrected chi connectivity index (χ4v) is 1.55. The van der Waals surface area contributed by atoms with Crippen LogP contribution < -0.4 is 10.9 Å². The maximum atomic E-state index is 12.0. The summed E-state index contributed by atoms with van der Waals surface area (Å²) in [5, 5.41) is 6.33. The van der Waals surface area contributed by atoms with Crippen molar-refractivity contribution in [2.45, 2.75) is 26.3 Å². The Labute approximate surface area is 99.8 Å². The van der Waals surface area contributed by atoms with Crippen LogP contribution in [0.25, 0.3) is 0 Å². The SMILES string of the molecule is CC(C)n1ncc(NCC(F)F)c(Br)c1=O. The minimum atomic E-state index is -2.47. The van der Waals surface area contributed by atoms with E-state index in [2.05, 4.69) is 26.3 Å². The van der Waals surface area contributed by atoms with E-state index in [1.54, 1.807) is 0 Å². The average molecular weight is 296 g/mol. The van der Waals surface area contributed by atoms with Crippen LogP contribution in [0.4, 0.5) is 14.5 Å². The Balaban J connectivity index is 2.98. The highest BCUT2D eigenvalue weighted by Crippen LogP contribution is 2.17. The third kappa shape index (κ3) is 3.01. The summed E-state index contributed by atoms with van der Waals surface area (Å²) in [6, 6.07) is -0.0760. The quantitative estimate of drug-likeness (QED) is 0.927. The molecule has 0 aromatic carbocycles. The van der Waals surface area contributed by atoms with Crippen LogP contribution in [-0.4, -0.2) is 22.8 Å². The molecule has 0 aliphatic carbocycles. The summed E-state index contributed by atoms with van der Waals surface area (Å²) in [5.41, 5.74) is -0.0588. The molecule has 0 bridgehead atoms. The van der Waals surface area contributed by atoms with Gasteiger partial charge in [-0.3, -0.25) is 4.79 Å². The number of nitrogens with zero attached hydrogens (tertiary/aromatic N) is 2. The van der Waals surface area contributed by atoms with Gasteiger partial charge in [-0.1, -0.05) is 0 Å². The molecule has 0 unspecified atom stereocenters. The lowest BCUT2D eigenvalue weighted by atomic mass is 10.4. The maximum absolute atomic E-state index is 12.0.